The van der Waals surface area contributed by atoms with Gasteiger partial charge in [-0.25, -0.2) is 4.79 Å². The van der Waals surface area contributed by atoms with Gasteiger partial charge in [0, 0.05) is 12.1 Å². The maximum Gasteiger partial charge on any atom is 0.410 e. The van der Waals surface area contributed by atoms with Crippen LogP contribution in [0.25, 0.3) is 11.1 Å². The number of carbonyl (C=O) groups is 1. The second-order valence-electron chi connectivity index (χ2n) is 11.0. The largest absolute Gasteiger partial charge is 0.493 e. The van der Waals surface area contributed by atoms with Crippen LogP contribution < -0.4 is 18.9 Å². The number of hydrogen-bond donors (Lipinski definition) is 0. The number of nitrogens with zero attached hydrogens (tertiary/aromatic N) is 1. The number of rotatable bonds is 4. The topological polar surface area (TPSA) is 66.5 Å². The minimum absolute atomic E-state index is 0.155. The van der Waals surface area contributed by atoms with Crippen LogP contribution >= 0.6 is 0 Å². The van der Waals surface area contributed by atoms with E-state index < -0.39 is 5.60 Å². The molecule has 2 heterocycles. The molecule has 0 saturated heterocycles. The van der Waals surface area contributed by atoms with Crippen LogP contribution in [0, 0.1) is 0 Å². The van der Waals surface area contributed by atoms with Crippen LogP contribution in [-0.4, -0.2) is 37.0 Å². The van der Waals surface area contributed by atoms with E-state index >= 15 is 0 Å². The Morgan fingerprint density at radius 2 is 1.79 bits per heavy atom. The predicted octanol–water partition coefficient (Wildman–Crippen LogP) is 6.45. The molecule has 0 fully saturated rings. The van der Waals surface area contributed by atoms with Gasteiger partial charge in [0.05, 0.1) is 13.2 Å². The molecule has 7 nitrogen and oxygen atoms in total. The molecule has 198 valence electrons. The Kier molecular flexibility index (Phi) is 6.09. The molecule has 0 bridgehead atoms. The number of carbonyl (C=O) groups excluding carboxylic acids is 1. The highest BCUT2D eigenvalue weighted by Crippen LogP contribution is 2.54. The number of hydrogen-bond acceptors (Lipinski definition) is 6. The molecule has 2 aliphatic heterocycles. The van der Waals surface area contributed by atoms with E-state index in [0.29, 0.717) is 36.8 Å². The summed E-state index contributed by atoms with van der Waals surface area (Å²) in [5.74, 6) is 2.82. The molecule has 0 saturated carbocycles. The zero-order chi connectivity index (χ0) is 26.4. The Hall–Kier alpha value is -3.87. The predicted molar refractivity (Wildman–Crippen MR) is 143 cm³/mol. The molecule has 0 radical (unpaired) electrons. The van der Waals surface area contributed by atoms with Crippen molar-refractivity contribution < 1.29 is 28.5 Å². The van der Waals surface area contributed by atoms with Gasteiger partial charge < -0.3 is 28.6 Å². The van der Waals surface area contributed by atoms with Gasteiger partial charge in [0.15, 0.2) is 23.0 Å². The molecular weight excluding hydrogens is 482 g/mol. The van der Waals surface area contributed by atoms with Gasteiger partial charge in [0.2, 0.25) is 6.79 Å². The van der Waals surface area contributed by atoms with Crippen LogP contribution in [0.1, 0.15) is 55.5 Å². The number of aryl methyl sites for hydroxylation is 1. The Labute approximate surface area is 223 Å². The minimum atomic E-state index is -0.576. The lowest BCUT2D eigenvalue weighted by Gasteiger charge is -2.39. The summed E-state index contributed by atoms with van der Waals surface area (Å²) in [4.78, 5) is 15.3. The van der Waals surface area contributed by atoms with Crippen LogP contribution in [0.2, 0.25) is 0 Å². The molecule has 1 aliphatic carbocycles. The van der Waals surface area contributed by atoms with Crippen molar-refractivity contribution in [2.45, 2.75) is 58.3 Å². The van der Waals surface area contributed by atoms with Crippen molar-refractivity contribution >= 4 is 6.09 Å². The van der Waals surface area contributed by atoms with Crippen molar-refractivity contribution in [1.82, 2.24) is 4.90 Å². The summed E-state index contributed by atoms with van der Waals surface area (Å²) < 4.78 is 29.8. The quantitative estimate of drug-likeness (QED) is 0.398. The van der Waals surface area contributed by atoms with E-state index in [1.165, 1.54) is 5.56 Å². The Balaban J connectivity index is 1.53. The molecule has 38 heavy (non-hydrogen) atoms. The maximum atomic E-state index is 13.4. The molecule has 3 aromatic carbocycles. The summed E-state index contributed by atoms with van der Waals surface area (Å²) in [6, 6.07) is 16.1. The second kappa shape index (κ2) is 9.46. The van der Waals surface area contributed by atoms with Crippen LogP contribution in [0.5, 0.6) is 23.0 Å². The van der Waals surface area contributed by atoms with Crippen LogP contribution in [0.4, 0.5) is 4.79 Å². The first-order valence-corrected chi connectivity index (χ1v) is 13.2. The van der Waals surface area contributed by atoms with E-state index in [1.54, 1.807) is 7.11 Å². The lowest BCUT2D eigenvalue weighted by molar-refractivity contribution is 0.0134. The van der Waals surface area contributed by atoms with E-state index in [1.807, 2.05) is 56.0 Å². The van der Waals surface area contributed by atoms with Gasteiger partial charge in [-0.1, -0.05) is 30.3 Å². The minimum Gasteiger partial charge on any atom is -0.493 e. The third-order valence-corrected chi connectivity index (χ3v) is 7.33. The standard InChI is InChI=1S/C31H33NO6/c1-31(2,3)38-30(33)32-13-12-21-15-26(34-4)29(35-17-19-8-6-5-7-9-19)28-22-16-25-24(36-18-37-25)14-20(22)10-11-23(32)27(21)28/h5-9,14-16,23H,10-13,17-18H2,1-4H3. The van der Waals surface area contributed by atoms with Gasteiger partial charge in [-0.2, -0.15) is 0 Å². The molecule has 1 amide bonds. The molecule has 1 unspecified atom stereocenters. The highest BCUT2D eigenvalue weighted by molar-refractivity contribution is 5.85. The number of methoxy groups -OCH3 is 1. The maximum absolute atomic E-state index is 13.4. The van der Waals surface area contributed by atoms with Crippen molar-refractivity contribution in [2.24, 2.45) is 0 Å². The smallest absolute Gasteiger partial charge is 0.410 e. The van der Waals surface area contributed by atoms with Crippen LogP contribution in [0.15, 0.2) is 48.5 Å². The van der Waals surface area contributed by atoms with E-state index in [2.05, 4.69) is 18.2 Å². The SMILES string of the molecule is COc1cc2c3c(c1OCc1ccccc1)-c1cc4c(cc1CCC3N(C(=O)OC(C)(C)C)CC2)OCO4. The van der Waals surface area contributed by atoms with Crippen molar-refractivity contribution in [2.75, 3.05) is 20.4 Å². The number of amides is 1. The van der Waals surface area contributed by atoms with Gasteiger partial charge >= 0.3 is 6.09 Å². The molecule has 3 aromatic rings. The highest BCUT2D eigenvalue weighted by atomic mass is 16.7. The Morgan fingerprint density at radius 3 is 2.53 bits per heavy atom. The van der Waals surface area contributed by atoms with Gasteiger partial charge in [-0.3, -0.25) is 0 Å². The van der Waals surface area contributed by atoms with Crippen molar-refractivity contribution in [3.05, 3.63) is 70.8 Å². The Bertz CT molecular complexity index is 1380. The molecule has 3 aliphatic rings. The zero-order valence-corrected chi connectivity index (χ0v) is 22.3. The zero-order valence-electron chi connectivity index (χ0n) is 22.3. The molecule has 7 heteroatoms. The van der Waals surface area contributed by atoms with Gasteiger partial charge in [-0.15, -0.1) is 0 Å². The fourth-order valence-electron chi connectivity index (χ4n) is 5.69. The first-order chi connectivity index (χ1) is 18.3. The average Bonchev–Trinajstić information content (AvgIpc) is 3.29. The molecule has 0 aromatic heterocycles. The van der Waals surface area contributed by atoms with Crippen molar-refractivity contribution in [3.63, 3.8) is 0 Å². The Morgan fingerprint density at radius 1 is 1.03 bits per heavy atom. The fourth-order valence-corrected chi connectivity index (χ4v) is 5.69. The molecular formula is C31H33NO6. The molecule has 0 N–H and O–H groups in total. The first-order valence-electron chi connectivity index (χ1n) is 13.2. The lowest BCUT2D eigenvalue weighted by atomic mass is 9.85. The van der Waals surface area contributed by atoms with E-state index in [4.69, 9.17) is 23.7 Å². The number of benzene rings is 3. The summed E-state index contributed by atoms with van der Waals surface area (Å²) in [6.45, 7) is 6.89. The van der Waals surface area contributed by atoms with Crippen molar-refractivity contribution in [1.29, 1.82) is 0 Å². The monoisotopic (exact) mass is 515 g/mol. The van der Waals surface area contributed by atoms with Gasteiger partial charge in [0.25, 0.3) is 0 Å². The van der Waals surface area contributed by atoms with Crippen LogP contribution in [0.3, 0.4) is 0 Å². The summed E-state index contributed by atoms with van der Waals surface area (Å²) in [5, 5.41) is 0. The third kappa shape index (κ3) is 4.40. The van der Waals surface area contributed by atoms with Crippen molar-refractivity contribution in [3.8, 4) is 34.1 Å². The van der Waals surface area contributed by atoms with Gasteiger partial charge in [-0.05, 0) is 86.1 Å². The fraction of sp³-hybridized carbons (Fsp3) is 0.387. The molecule has 0 spiro atoms. The summed E-state index contributed by atoms with van der Waals surface area (Å²) in [5.41, 5.74) is 5.87. The molecule has 6 rings (SSSR count). The average molecular weight is 516 g/mol. The molecule has 1 atom stereocenters. The van der Waals surface area contributed by atoms with E-state index in [-0.39, 0.29) is 18.9 Å². The summed E-state index contributed by atoms with van der Waals surface area (Å²) in [6.07, 6.45) is 1.94. The van der Waals surface area contributed by atoms with Gasteiger partial charge in [0.1, 0.15) is 12.2 Å². The summed E-state index contributed by atoms with van der Waals surface area (Å²) in [7, 11) is 1.67. The second-order valence-corrected chi connectivity index (χ2v) is 11.0. The van der Waals surface area contributed by atoms with E-state index in [9.17, 15) is 4.79 Å². The normalized spacial score (nSPS) is 17.3. The summed E-state index contributed by atoms with van der Waals surface area (Å²) >= 11 is 0. The van der Waals surface area contributed by atoms with Crippen LogP contribution in [-0.2, 0) is 24.2 Å². The highest BCUT2D eigenvalue weighted by Gasteiger charge is 2.40. The number of ether oxygens (including phenoxy) is 5. The first kappa shape index (κ1) is 24.5. The van der Waals surface area contributed by atoms with E-state index in [0.717, 1.165) is 46.4 Å². The number of fused-ring (bicyclic) bond motifs is 3. The lowest BCUT2D eigenvalue weighted by Crippen LogP contribution is -2.43. The third-order valence-electron chi connectivity index (χ3n) is 7.33.